The molecule has 0 heterocycles. The minimum Gasteiger partial charge on any atom is -0.460 e. The van der Waals surface area contributed by atoms with E-state index in [4.69, 9.17) is 4.74 Å². The first-order chi connectivity index (χ1) is 7.76. The van der Waals surface area contributed by atoms with Gasteiger partial charge in [-0.3, -0.25) is 4.79 Å². The summed E-state index contributed by atoms with van der Waals surface area (Å²) in [6.07, 6.45) is 4.50. The molecule has 0 saturated carbocycles. The molecule has 0 unspecified atom stereocenters. The van der Waals surface area contributed by atoms with E-state index in [0.29, 0.717) is 12.3 Å². The van der Waals surface area contributed by atoms with Crippen molar-refractivity contribution < 1.29 is 9.53 Å². The molecule has 100 valence electrons. The van der Waals surface area contributed by atoms with Crippen LogP contribution < -0.4 is 0 Å². The fourth-order valence-corrected chi connectivity index (χ4v) is 1.68. The van der Waals surface area contributed by atoms with E-state index in [1.165, 1.54) is 5.57 Å². The number of carbonyl (C=O) groups is 1. The van der Waals surface area contributed by atoms with Gasteiger partial charge in [0.1, 0.15) is 5.60 Å². The Balaban J connectivity index is 3.94. The third-order valence-corrected chi connectivity index (χ3v) is 2.77. The number of allylic oxidation sites excluding steroid dienone is 1. The zero-order valence-corrected chi connectivity index (χ0v) is 12.1. The normalized spacial score (nSPS) is 11.6. The molecule has 0 fully saturated rings. The van der Waals surface area contributed by atoms with Gasteiger partial charge in [-0.1, -0.05) is 32.9 Å². The van der Waals surface area contributed by atoms with E-state index in [2.05, 4.69) is 13.5 Å². The molecular formula is C15H28O2. The lowest BCUT2D eigenvalue weighted by Crippen LogP contribution is -2.28. The molecule has 17 heavy (non-hydrogen) atoms. The summed E-state index contributed by atoms with van der Waals surface area (Å²) in [6, 6.07) is 0. The van der Waals surface area contributed by atoms with Gasteiger partial charge >= 0.3 is 5.97 Å². The SMILES string of the molecule is C=C(CC)CCCC(C)(C)OC(=O)CC(C)C. The summed E-state index contributed by atoms with van der Waals surface area (Å²) < 4.78 is 5.50. The Morgan fingerprint density at radius 3 is 2.41 bits per heavy atom. The van der Waals surface area contributed by atoms with Crippen LogP contribution in [0, 0.1) is 5.92 Å². The predicted molar refractivity (Wildman–Crippen MR) is 72.9 cm³/mol. The highest BCUT2D eigenvalue weighted by Gasteiger charge is 2.22. The maximum absolute atomic E-state index is 11.6. The van der Waals surface area contributed by atoms with Crippen LogP contribution in [-0.2, 0) is 9.53 Å². The standard InChI is InChI=1S/C15H28O2/c1-7-13(4)9-8-10-15(5,6)17-14(16)11-12(2)3/h12H,4,7-11H2,1-3,5-6H3. The molecule has 0 aliphatic carbocycles. The van der Waals surface area contributed by atoms with Crippen LogP contribution in [0.4, 0.5) is 0 Å². The van der Waals surface area contributed by atoms with E-state index in [-0.39, 0.29) is 11.6 Å². The summed E-state index contributed by atoms with van der Waals surface area (Å²) >= 11 is 0. The summed E-state index contributed by atoms with van der Waals surface area (Å²) in [5, 5.41) is 0. The molecule has 2 heteroatoms. The quantitative estimate of drug-likeness (QED) is 0.461. The van der Waals surface area contributed by atoms with Crippen LogP contribution in [0.2, 0.25) is 0 Å². The Morgan fingerprint density at radius 1 is 1.35 bits per heavy atom. The lowest BCUT2D eigenvalue weighted by molar-refractivity contribution is -0.158. The first-order valence-electron chi connectivity index (χ1n) is 6.65. The highest BCUT2D eigenvalue weighted by atomic mass is 16.6. The summed E-state index contributed by atoms with van der Waals surface area (Å²) in [5.74, 6) is 0.275. The topological polar surface area (TPSA) is 26.3 Å². The molecule has 0 amide bonds. The van der Waals surface area contributed by atoms with Gasteiger partial charge in [0.2, 0.25) is 0 Å². The molecule has 0 aromatic heterocycles. The average Bonchev–Trinajstić information content (AvgIpc) is 2.14. The Kier molecular flexibility index (Phi) is 7.17. The van der Waals surface area contributed by atoms with Crippen LogP contribution in [0.1, 0.15) is 66.7 Å². The molecule has 0 atom stereocenters. The maximum atomic E-state index is 11.6. The first kappa shape index (κ1) is 16.2. The molecule has 0 N–H and O–H groups in total. The third-order valence-electron chi connectivity index (χ3n) is 2.77. The molecule has 0 bridgehead atoms. The molecule has 2 nitrogen and oxygen atoms in total. The number of rotatable bonds is 8. The third kappa shape index (κ3) is 8.96. The molecule has 0 rings (SSSR count). The van der Waals surface area contributed by atoms with Crippen LogP contribution >= 0.6 is 0 Å². The second-order valence-corrected chi connectivity index (χ2v) is 5.79. The van der Waals surface area contributed by atoms with Crippen molar-refractivity contribution in [1.29, 1.82) is 0 Å². The van der Waals surface area contributed by atoms with E-state index in [1.807, 2.05) is 27.7 Å². The van der Waals surface area contributed by atoms with Crippen molar-refractivity contribution in [3.05, 3.63) is 12.2 Å². The van der Waals surface area contributed by atoms with Crippen molar-refractivity contribution in [2.24, 2.45) is 5.92 Å². The highest BCUT2D eigenvalue weighted by Crippen LogP contribution is 2.21. The highest BCUT2D eigenvalue weighted by molar-refractivity contribution is 5.70. The van der Waals surface area contributed by atoms with E-state index < -0.39 is 0 Å². The van der Waals surface area contributed by atoms with Crippen LogP contribution in [-0.4, -0.2) is 11.6 Å². The fourth-order valence-electron chi connectivity index (χ4n) is 1.68. The average molecular weight is 240 g/mol. The predicted octanol–water partition coefficient (Wildman–Crippen LogP) is 4.49. The van der Waals surface area contributed by atoms with Crippen LogP contribution in [0.15, 0.2) is 12.2 Å². The van der Waals surface area contributed by atoms with Crippen LogP contribution in [0.3, 0.4) is 0 Å². The van der Waals surface area contributed by atoms with Gasteiger partial charge in [0.25, 0.3) is 0 Å². The smallest absolute Gasteiger partial charge is 0.306 e. The van der Waals surface area contributed by atoms with Gasteiger partial charge in [-0.05, 0) is 45.4 Å². The van der Waals surface area contributed by atoms with Gasteiger partial charge in [-0.15, -0.1) is 0 Å². The van der Waals surface area contributed by atoms with Crippen molar-refractivity contribution in [3.8, 4) is 0 Å². The monoisotopic (exact) mass is 240 g/mol. The van der Waals surface area contributed by atoms with E-state index in [1.54, 1.807) is 0 Å². The number of hydrogen-bond donors (Lipinski definition) is 0. The zero-order chi connectivity index (χ0) is 13.5. The van der Waals surface area contributed by atoms with Gasteiger partial charge in [0.05, 0.1) is 0 Å². The van der Waals surface area contributed by atoms with E-state index >= 15 is 0 Å². The maximum Gasteiger partial charge on any atom is 0.306 e. The number of ether oxygens (including phenoxy) is 1. The minimum atomic E-state index is -0.347. The number of carbonyl (C=O) groups excluding carboxylic acids is 1. The molecular weight excluding hydrogens is 212 g/mol. The molecule has 0 radical (unpaired) electrons. The lowest BCUT2D eigenvalue weighted by atomic mass is 9.98. The van der Waals surface area contributed by atoms with E-state index in [0.717, 1.165) is 25.7 Å². The van der Waals surface area contributed by atoms with Gasteiger partial charge in [-0.25, -0.2) is 0 Å². The van der Waals surface area contributed by atoms with Crippen molar-refractivity contribution in [3.63, 3.8) is 0 Å². The Labute approximate surface area is 106 Å². The molecule has 0 aliphatic rings. The van der Waals surface area contributed by atoms with Crippen molar-refractivity contribution >= 4 is 5.97 Å². The summed E-state index contributed by atoms with van der Waals surface area (Å²) in [4.78, 5) is 11.6. The Morgan fingerprint density at radius 2 is 1.94 bits per heavy atom. The van der Waals surface area contributed by atoms with Gasteiger partial charge in [0.15, 0.2) is 0 Å². The van der Waals surface area contributed by atoms with Gasteiger partial charge in [0, 0.05) is 6.42 Å². The van der Waals surface area contributed by atoms with Crippen molar-refractivity contribution in [1.82, 2.24) is 0 Å². The summed E-state index contributed by atoms with van der Waals surface area (Å²) in [7, 11) is 0. The molecule has 0 saturated heterocycles. The molecule has 0 aromatic carbocycles. The minimum absolute atomic E-state index is 0.0840. The molecule has 0 aromatic rings. The summed E-state index contributed by atoms with van der Waals surface area (Å²) in [6.45, 7) is 14.1. The van der Waals surface area contributed by atoms with Crippen molar-refractivity contribution in [2.75, 3.05) is 0 Å². The van der Waals surface area contributed by atoms with Crippen LogP contribution in [0.25, 0.3) is 0 Å². The Bertz CT molecular complexity index is 252. The molecule has 0 aliphatic heterocycles. The number of esters is 1. The first-order valence-corrected chi connectivity index (χ1v) is 6.65. The fraction of sp³-hybridized carbons (Fsp3) is 0.800. The van der Waals surface area contributed by atoms with Gasteiger partial charge < -0.3 is 4.74 Å². The largest absolute Gasteiger partial charge is 0.460 e. The second-order valence-electron chi connectivity index (χ2n) is 5.79. The lowest BCUT2D eigenvalue weighted by Gasteiger charge is -2.25. The van der Waals surface area contributed by atoms with Crippen LogP contribution in [0.5, 0.6) is 0 Å². The molecule has 0 spiro atoms. The second kappa shape index (κ2) is 7.52. The van der Waals surface area contributed by atoms with Crippen molar-refractivity contribution in [2.45, 2.75) is 72.3 Å². The number of hydrogen-bond acceptors (Lipinski definition) is 2. The summed E-state index contributed by atoms with van der Waals surface area (Å²) in [5.41, 5.74) is 0.925. The van der Waals surface area contributed by atoms with E-state index in [9.17, 15) is 4.79 Å². The zero-order valence-electron chi connectivity index (χ0n) is 12.1. The van der Waals surface area contributed by atoms with Gasteiger partial charge in [-0.2, -0.15) is 0 Å². The Hall–Kier alpha value is -0.790.